The summed E-state index contributed by atoms with van der Waals surface area (Å²) in [4.78, 5) is 12.2. The zero-order valence-electron chi connectivity index (χ0n) is 12.7. The number of H-pyrrole nitrogens is 1. The van der Waals surface area contributed by atoms with Crippen LogP contribution in [0.25, 0.3) is 11.0 Å². The molecule has 4 rings (SSSR count). The van der Waals surface area contributed by atoms with Crippen LogP contribution in [-0.2, 0) is 0 Å². The topological polar surface area (TPSA) is 84.1 Å². The summed E-state index contributed by atoms with van der Waals surface area (Å²) in [6, 6.07) is 7.67. The molecule has 0 bridgehead atoms. The van der Waals surface area contributed by atoms with Gasteiger partial charge in [0.2, 0.25) is 5.95 Å². The number of nitrogens with zero attached hydrogens (tertiary/aromatic N) is 2. The molecule has 3 aromatic rings. The average molecular weight is 311 g/mol. The highest BCUT2D eigenvalue weighted by molar-refractivity contribution is 5.88. The Morgan fingerprint density at radius 3 is 3.00 bits per heavy atom. The predicted molar refractivity (Wildman–Crippen MR) is 88.8 cm³/mol. The summed E-state index contributed by atoms with van der Waals surface area (Å²) in [7, 11) is 0. The van der Waals surface area contributed by atoms with Gasteiger partial charge in [-0.15, -0.1) is 0 Å². The SMILES string of the molecule is CCNc1nc(Nc2cccc3c2OCCO3)nc2[nH]ccc12. The number of anilines is 3. The number of benzene rings is 1. The van der Waals surface area contributed by atoms with Crippen molar-refractivity contribution in [3.8, 4) is 11.5 Å². The molecule has 0 unspecified atom stereocenters. The Bertz CT molecular complexity index is 846. The van der Waals surface area contributed by atoms with Gasteiger partial charge in [-0.05, 0) is 25.1 Å². The maximum atomic E-state index is 5.71. The molecule has 0 saturated heterocycles. The van der Waals surface area contributed by atoms with Gasteiger partial charge in [0.15, 0.2) is 11.5 Å². The fourth-order valence-electron chi connectivity index (χ4n) is 2.59. The van der Waals surface area contributed by atoms with Crippen LogP contribution in [0.4, 0.5) is 17.5 Å². The van der Waals surface area contributed by atoms with E-state index in [1.165, 1.54) is 0 Å². The lowest BCUT2D eigenvalue weighted by atomic mass is 10.2. The highest BCUT2D eigenvalue weighted by Gasteiger charge is 2.17. The van der Waals surface area contributed by atoms with Gasteiger partial charge in [0, 0.05) is 12.7 Å². The lowest BCUT2D eigenvalue weighted by Gasteiger charge is -2.21. The number of fused-ring (bicyclic) bond motifs is 2. The minimum absolute atomic E-state index is 0.499. The standard InChI is InChI=1S/C16H17N5O2/c1-2-17-14-10-6-7-18-15(10)21-16(20-14)19-11-4-3-5-12-13(11)23-9-8-22-12/h3-7H,2,8-9H2,1H3,(H3,17,18,19,20,21). The van der Waals surface area contributed by atoms with E-state index in [1.54, 1.807) is 0 Å². The Kier molecular flexibility index (Phi) is 3.38. The van der Waals surface area contributed by atoms with Gasteiger partial charge in [-0.2, -0.15) is 9.97 Å². The second-order valence-electron chi connectivity index (χ2n) is 5.12. The highest BCUT2D eigenvalue weighted by Crippen LogP contribution is 2.38. The zero-order chi connectivity index (χ0) is 15.6. The number of para-hydroxylation sites is 1. The highest BCUT2D eigenvalue weighted by atomic mass is 16.6. The molecule has 0 amide bonds. The maximum Gasteiger partial charge on any atom is 0.231 e. The maximum absolute atomic E-state index is 5.71. The summed E-state index contributed by atoms with van der Waals surface area (Å²) in [5.41, 5.74) is 1.57. The number of nitrogens with one attached hydrogen (secondary N) is 3. The monoisotopic (exact) mass is 311 g/mol. The fraction of sp³-hybridized carbons (Fsp3) is 0.250. The van der Waals surface area contributed by atoms with E-state index >= 15 is 0 Å². The molecule has 0 fully saturated rings. The molecule has 1 aromatic carbocycles. The largest absolute Gasteiger partial charge is 0.486 e. The van der Waals surface area contributed by atoms with E-state index in [0.29, 0.717) is 24.9 Å². The summed E-state index contributed by atoms with van der Waals surface area (Å²) < 4.78 is 11.3. The lowest BCUT2D eigenvalue weighted by molar-refractivity contribution is 0.172. The van der Waals surface area contributed by atoms with E-state index in [9.17, 15) is 0 Å². The second-order valence-corrected chi connectivity index (χ2v) is 5.12. The van der Waals surface area contributed by atoms with Crippen molar-refractivity contribution in [1.82, 2.24) is 15.0 Å². The minimum atomic E-state index is 0.499. The molecule has 0 spiro atoms. The molecular formula is C16H17N5O2. The molecule has 0 saturated carbocycles. The smallest absolute Gasteiger partial charge is 0.231 e. The number of aromatic amines is 1. The van der Waals surface area contributed by atoms with E-state index in [4.69, 9.17) is 9.47 Å². The van der Waals surface area contributed by atoms with Gasteiger partial charge in [0.1, 0.15) is 24.7 Å². The molecule has 1 aliphatic heterocycles. The molecule has 0 aliphatic carbocycles. The van der Waals surface area contributed by atoms with Crippen LogP contribution in [0.5, 0.6) is 11.5 Å². The van der Waals surface area contributed by atoms with Crippen molar-refractivity contribution in [3.63, 3.8) is 0 Å². The Hall–Kier alpha value is -2.96. The zero-order valence-corrected chi connectivity index (χ0v) is 12.7. The van der Waals surface area contributed by atoms with Gasteiger partial charge in [-0.1, -0.05) is 6.07 Å². The molecule has 1 aliphatic rings. The molecule has 2 aromatic heterocycles. The molecule has 23 heavy (non-hydrogen) atoms. The Balaban J connectivity index is 1.73. The number of ether oxygens (including phenoxy) is 2. The van der Waals surface area contributed by atoms with Crippen molar-refractivity contribution in [1.29, 1.82) is 0 Å². The van der Waals surface area contributed by atoms with E-state index in [0.717, 1.165) is 34.8 Å². The molecular weight excluding hydrogens is 294 g/mol. The number of hydrogen-bond acceptors (Lipinski definition) is 6. The first kappa shape index (κ1) is 13.7. The number of aromatic nitrogens is 3. The molecule has 7 heteroatoms. The van der Waals surface area contributed by atoms with Gasteiger partial charge < -0.3 is 25.1 Å². The van der Waals surface area contributed by atoms with Gasteiger partial charge in [0.25, 0.3) is 0 Å². The minimum Gasteiger partial charge on any atom is -0.486 e. The quantitative estimate of drug-likeness (QED) is 0.687. The van der Waals surface area contributed by atoms with Crippen LogP contribution in [0, 0.1) is 0 Å². The summed E-state index contributed by atoms with van der Waals surface area (Å²) in [5.74, 6) is 2.72. The van der Waals surface area contributed by atoms with Crippen LogP contribution in [0.3, 0.4) is 0 Å². The van der Waals surface area contributed by atoms with Crippen molar-refractivity contribution in [2.75, 3.05) is 30.4 Å². The first-order chi connectivity index (χ1) is 11.3. The predicted octanol–water partition coefficient (Wildman–Crippen LogP) is 2.90. The molecule has 3 N–H and O–H groups in total. The van der Waals surface area contributed by atoms with Crippen LogP contribution in [0.2, 0.25) is 0 Å². The van der Waals surface area contributed by atoms with Crippen LogP contribution in [0.1, 0.15) is 6.92 Å². The van der Waals surface area contributed by atoms with Crippen LogP contribution in [0.15, 0.2) is 30.5 Å². The molecule has 0 radical (unpaired) electrons. The Morgan fingerprint density at radius 2 is 2.09 bits per heavy atom. The third kappa shape index (κ3) is 2.50. The molecule has 3 heterocycles. The Labute approximate surface area is 133 Å². The molecule has 0 atom stereocenters. The van der Waals surface area contributed by atoms with Crippen molar-refractivity contribution >= 4 is 28.5 Å². The first-order valence-electron chi connectivity index (χ1n) is 7.60. The third-order valence-corrected chi connectivity index (χ3v) is 3.57. The number of rotatable bonds is 4. The van der Waals surface area contributed by atoms with E-state index in [1.807, 2.05) is 37.4 Å². The summed E-state index contributed by atoms with van der Waals surface area (Å²) in [6.07, 6.45) is 1.85. The van der Waals surface area contributed by atoms with Crippen molar-refractivity contribution in [2.45, 2.75) is 6.92 Å². The van der Waals surface area contributed by atoms with Crippen molar-refractivity contribution < 1.29 is 9.47 Å². The van der Waals surface area contributed by atoms with Crippen molar-refractivity contribution in [2.24, 2.45) is 0 Å². The number of hydrogen-bond donors (Lipinski definition) is 3. The van der Waals surface area contributed by atoms with Gasteiger partial charge >= 0.3 is 0 Å². The van der Waals surface area contributed by atoms with Crippen LogP contribution >= 0.6 is 0 Å². The van der Waals surface area contributed by atoms with Gasteiger partial charge in [0.05, 0.1) is 11.1 Å². The average Bonchev–Trinajstić information content (AvgIpc) is 3.04. The van der Waals surface area contributed by atoms with E-state index < -0.39 is 0 Å². The van der Waals surface area contributed by atoms with E-state index in [-0.39, 0.29) is 0 Å². The van der Waals surface area contributed by atoms with Crippen LogP contribution < -0.4 is 20.1 Å². The summed E-state index contributed by atoms with van der Waals surface area (Å²) >= 11 is 0. The summed E-state index contributed by atoms with van der Waals surface area (Å²) in [6.45, 7) is 3.91. The molecule has 7 nitrogen and oxygen atoms in total. The first-order valence-corrected chi connectivity index (χ1v) is 7.60. The second kappa shape index (κ2) is 5.68. The van der Waals surface area contributed by atoms with Crippen molar-refractivity contribution in [3.05, 3.63) is 30.5 Å². The van der Waals surface area contributed by atoms with Crippen LogP contribution in [-0.4, -0.2) is 34.7 Å². The normalized spacial score (nSPS) is 13.1. The molecule has 118 valence electrons. The summed E-state index contributed by atoms with van der Waals surface area (Å²) in [5, 5.41) is 7.45. The van der Waals surface area contributed by atoms with E-state index in [2.05, 4.69) is 25.6 Å². The van der Waals surface area contributed by atoms with Gasteiger partial charge in [-0.3, -0.25) is 0 Å². The Morgan fingerprint density at radius 1 is 1.17 bits per heavy atom. The lowest BCUT2D eigenvalue weighted by Crippen LogP contribution is -2.16. The fourth-order valence-corrected chi connectivity index (χ4v) is 2.59. The van der Waals surface area contributed by atoms with Gasteiger partial charge in [-0.25, -0.2) is 0 Å². The third-order valence-electron chi connectivity index (χ3n) is 3.57.